The minimum atomic E-state index is -1.21. The minimum absolute atomic E-state index is 0.0223. The van der Waals surface area contributed by atoms with Crippen molar-refractivity contribution in [2.45, 2.75) is 34.2 Å². The lowest BCUT2D eigenvalue weighted by atomic mass is 10.1. The number of oxazole rings is 1. The standard InChI is InChI=1S/C13H17N3O5/c1-6(7(2)12(18)19)11(17)16-13(20)14-5-10-15-8(3)9(4)21-10/h5H2,1-4H3,(H,18,19)(H2,14,16,17,20). The lowest BCUT2D eigenvalue weighted by molar-refractivity contribution is -0.133. The van der Waals surface area contributed by atoms with Crippen molar-refractivity contribution < 1.29 is 23.9 Å². The molecule has 0 spiro atoms. The average molecular weight is 295 g/mol. The van der Waals surface area contributed by atoms with E-state index in [-0.39, 0.29) is 17.7 Å². The zero-order valence-corrected chi connectivity index (χ0v) is 12.2. The Morgan fingerprint density at radius 3 is 2.29 bits per heavy atom. The number of rotatable bonds is 4. The van der Waals surface area contributed by atoms with Gasteiger partial charge >= 0.3 is 12.0 Å². The lowest BCUT2D eigenvalue weighted by Gasteiger charge is -2.06. The topological polar surface area (TPSA) is 122 Å². The fourth-order valence-corrected chi connectivity index (χ4v) is 1.34. The van der Waals surface area contributed by atoms with E-state index < -0.39 is 17.9 Å². The van der Waals surface area contributed by atoms with Crippen LogP contribution < -0.4 is 10.6 Å². The van der Waals surface area contributed by atoms with Crippen LogP contribution >= 0.6 is 0 Å². The Bertz CT molecular complexity index is 596. The normalized spacial score (nSPS) is 11.6. The molecule has 1 rings (SSSR count). The maximum Gasteiger partial charge on any atom is 0.331 e. The number of aromatic nitrogens is 1. The van der Waals surface area contributed by atoms with Crippen LogP contribution in [-0.4, -0.2) is 28.0 Å². The van der Waals surface area contributed by atoms with Gasteiger partial charge in [0.05, 0.1) is 12.2 Å². The molecule has 3 N–H and O–H groups in total. The van der Waals surface area contributed by atoms with E-state index in [2.05, 4.69) is 10.3 Å². The van der Waals surface area contributed by atoms with Crippen molar-refractivity contribution in [3.8, 4) is 0 Å². The van der Waals surface area contributed by atoms with Crippen molar-refractivity contribution in [2.75, 3.05) is 0 Å². The van der Waals surface area contributed by atoms with Gasteiger partial charge in [-0.1, -0.05) is 0 Å². The molecule has 1 aromatic rings. The summed E-state index contributed by atoms with van der Waals surface area (Å²) < 4.78 is 5.26. The molecular weight excluding hydrogens is 278 g/mol. The number of urea groups is 1. The number of carbonyl (C=O) groups is 3. The second-order valence-corrected chi connectivity index (χ2v) is 4.44. The van der Waals surface area contributed by atoms with Crippen LogP contribution in [0.4, 0.5) is 4.79 Å². The van der Waals surface area contributed by atoms with E-state index in [0.717, 1.165) is 5.69 Å². The van der Waals surface area contributed by atoms with Crippen LogP contribution in [0, 0.1) is 13.8 Å². The van der Waals surface area contributed by atoms with E-state index in [4.69, 9.17) is 9.52 Å². The monoisotopic (exact) mass is 295 g/mol. The number of imide groups is 1. The van der Waals surface area contributed by atoms with Gasteiger partial charge in [-0.2, -0.15) is 0 Å². The molecular formula is C13H17N3O5. The first-order chi connectivity index (χ1) is 9.72. The Kier molecular flexibility index (Phi) is 5.23. The summed E-state index contributed by atoms with van der Waals surface area (Å²) >= 11 is 0. The average Bonchev–Trinajstić information content (AvgIpc) is 2.73. The predicted molar refractivity (Wildman–Crippen MR) is 72.4 cm³/mol. The van der Waals surface area contributed by atoms with Crippen LogP contribution in [0.3, 0.4) is 0 Å². The highest BCUT2D eigenvalue weighted by molar-refractivity contribution is 6.07. The van der Waals surface area contributed by atoms with E-state index in [1.54, 1.807) is 13.8 Å². The summed E-state index contributed by atoms with van der Waals surface area (Å²) in [5, 5.41) is 13.2. The Labute approximate surface area is 121 Å². The fourth-order valence-electron chi connectivity index (χ4n) is 1.34. The predicted octanol–water partition coefficient (Wildman–Crippen LogP) is 1.04. The van der Waals surface area contributed by atoms with Gasteiger partial charge in [-0.05, 0) is 27.7 Å². The molecule has 114 valence electrons. The molecule has 0 aliphatic heterocycles. The molecule has 3 amide bonds. The van der Waals surface area contributed by atoms with Crippen LogP contribution in [0.15, 0.2) is 15.6 Å². The number of carbonyl (C=O) groups excluding carboxylic acids is 2. The van der Waals surface area contributed by atoms with E-state index in [1.165, 1.54) is 13.8 Å². The second-order valence-electron chi connectivity index (χ2n) is 4.44. The van der Waals surface area contributed by atoms with Crippen LogP contribution in [0.2, 0.25) is 0 Å². The number of aryl methyl sites for hydroxylation is 2. The highest BCUT2D eigenvalue weighted by Crippen LogP contribution is 2.07. The van der Waals surface area contributed by atoms with Gasteiger partial charge in [0, 0.05) is 11.1 Å². The van der Waals surface area contributed by atoms with Gasteiger partial charge in [0.1, 0.15) is 5.76 Å². The largest absolute Gasteiger partial charge is 0.478 e. The summed E-state index contributed by atoms with van der Waals surface area (Å²) in [6, 6.07) is -0.758. The number of amides is 3. The lowest BCUT2D eigenvalue weighted by Crippen LogP contribution is -2.39. The fraction of sp³-hybridized carbons (Fsp3) is 0.385. The molecule has 21 heavy (non-hydrogen) atoms. The summed E-state index contributed by atoms with van der Waals surface area (Å²) in [6.45, 7) is 6.15. The number of nitrogens with zero attached hydrogens (tertiary/aromatic N) is 1. The van der Waals surface area contributed by atoms with Gasteiger partial charge in [-0.3, -0.25) is 10.1 Å². The maximum atomic E-state index is 11.6. The summed E-state index contributed by atoms with van der Waals surface area (Å²) in [7, 11) is 0. The van der Waals surface area contributed by atoms with Gasteiger partial charge in [0.25, 0.3) is 5.91 Å². The van der Waals surface area contributed by atoms with Gasteiger partial charge < -0.3 is 14.8 Å². The molecule has 0 aliphatic rings. The van der Waals surface area contributed by atoms with Gasteiger partial charge in [0.15, 0.2) is 0 Å². The quantitative estimate of drug-likeness (QED) is 0.713. The Morgan fingerprint density at radius 1 is 1.19 bits per heavy atom. The van der Waals surface area contributed by atoms with Crippen molar-refractivity contribution in [2.24, 2.45) is 0 Å². The molecule has 8 heteroatoms. The molecule has 1 aromatic heterocycles. The molecule has 0 atom stereocenters. The molecule has 0 bridgehead atoms. The zero-order chi connectivity index (χ0) is 16.2. The molecule has 0 saturated carbocycles. The molecule has 0 unspecified atom stereocenters. The SMILES string of the molecule is CC(C(=O)O)=C(C)C(=O)NC(=O)NCc1nc(C)c(C)o1. The minimum Gasteiger partial charge on any atom is -0.478 e. The van der Waals surface area contributed by atoms with Crippen LogP contribution in [0.25, 0.3) is 0 Å². The van der Waals surface area contributed by atoms with E-state index in [1.807, 2.05) is 5.32 Å². The molecule has 0 saturated heterocycles. The highest BCUT2D eigenvalue weighted by atomic mass is 16.4. The second kappa shape index (κ2) is 6.69. The van der Waals surface area contributed by atoms with E-state index in [9.17, 15) is 14.4 Å². The van der Waals surface area contributed by atoms with Crippen molar-refractivity contribution >= 4 is 17.9 Å². The Balaban J connectivity index is 2.56. The zero-order valence-electron chi connectivity index (χ0n) is 12.2. The van der Waals surface area contributed by atoms with Gasteiger partial charge in [0.2, 0.25) is 5.89 Å². The first-order valence-electron chi connectivity index (χ1n) is 6.15. The number of aliphatic carboxylic acids is 1. The number of carboxylic acids is 1. The third kappa shape index (κ3) is 4.44. The van der Waals surface area contributed by atoms with Gasteiger partial charge in [-0.25, -0.2) is 14.6 Å². The summed E-state index contributed by atoms with van der Waals surface area (Å²) in [5.74, 6) is -1.01. The Hall–Kier alpha value is -2.64. The molecule has 0 aliphatic carbocycles. The van der Waals surface area contributed by atoms with Crippen molar-refractivity contribution in [3.05, 3.63) is 28.5 Å². The first kappa shape index (κ1) is 16.4. The van der Waals surface area contributed by atoms with Crippen molar-refractivity contribution in [1.82, 2.24) is 15.6 Å². The van der Waals surface area contributed by atoms with Crippen LogP contribution in [0.5, 0.6) is 0 Å². The van der Waals surface area contributed by atoms with Crippen molar-refractivity contribution in [1.29, 1.82) is 0 Å². The third-order valence-electron chi connectivity index (χ3n) is 2.92. The molecule has 1 heterocycles. The highest BCUT2D eigenvalue weighted by Gasteiger charge is 2.15. The molecule has 0 fully saturated rings. The number of nitrogens with one attached hydrogen (secondary N) is 2. The first-order valence-corrected chi connectivity index (χ1v) is 6.15. The van der Waals surface area contributed by atoms with E-state index in [0.29, 0.717) is 11.7 Å². The number of carboxylic acid groups (broad SMARTS) is 1. The number of hydrogen-bond acceptors (Lipinski definition) is 5. The maximum absolute atomic E-state index is 11.6. The summed E-state index contributed by atoms with van der Waals surface area (Å²) in [5.41, 5.74) is 0.554. The summed E-state index contributed by atoms with van der Waals surface area (Å²) in [6.07, 6.45) is 0. The molecule has 0 aromatic carbocycles. The summed E-state index contributed by atoms with van der Waals surface area (Å²) in [4.78, 5) is 38.0. The molecule has 0 radical (unpaired) electrons. The number of hydrogen-bond donors (Lipinski definition) is 3. The third-order valence-corrected chi connectivity index (χ3v) is 2.92. The van der Waals surface area contributed by atoms with E-state index >= 15 is 0 Å². The molecule has 8 nitrogen and oxygen atoms in total. The van der Waals surface area contributed by atoms with Gasteiger partial charge in [-0.15, -0.1) is 0 Å². The Morgan fingerprint density at radius 2 is 1.81 bits per heavy atom. The smallest absolute Gasteiger partial charge is 0.331 e. The van der Waals surface area contributed by atoms with Crippen LogP contribution in [0.1, 0.15) is 31.2 Å². The van der Waals surface area contributed by atoms with Crippen molar-refractivity contribution in [3.63, 3.8) is 0 Å². The van der Waals surface area contributed by atoms with Crippen LogP contribution in [-0.2, 0) is 16.1 Å².